The minimum atomic E-state index is -0.0373. The molecule has 0 fully saturated rings. The van der Waals surface area contributed by atoms with Gasteiger partial charge in [0.05, 0.1) is 11.4 Å². The number of amides is 1. The van der Waals surface area contributed by atoms with Gasteiger partial charge in [0.15, 0.2) is 6.54 Å². The van der Waals surface area contributed by atoms with Crippen molar-refractivity contribution in [2.45, 2.75) is 19.4 Å². The third kappa shape index (κ3) is 4.45. The number of nitrogens with two attached hydrogens (primary N) is 1. The molecular weight excluding hydrogens is 292 g/mol. The highest BCUT2D eigenvalue weighted by molar-refractivity contribution is 7.10. The summed E-state index contributed by atoms with van der Waals surface area (Å²) in [5.74, 6) is 2.38. The van der Waals surface area contributed by atoms with E-state index in [1.54, 1.807) is 11.3 Å². The Balaban J connectivity index is 2.10. The van der Waals surface area contributed by atoms with Crippen LogP contribution in [-0.4, -0.2) is 19.0 Å². The van der Waals surface area contributed by atoms with Gasteiger partial charge in [0.25, 0.3) is 5.91 Å². The molecule has 22 heavy (non-hydrogen) atoms. The zero-order chi connectivity index (χ0) is 15.8. The quantitative estimate of drug-likeness (QED) is 0.751. The van der Waals surface area contributed by atoms with Gasteiger partial charge in [-0.25, -0.2) is 0 Å². The second-order valence-corrected chi connectivity index (χ2v) is 5.99. The molecule has 1 aromatic heterocycles. The SMILES string of the molecule is C#CCNC(=O)C[NH2+][C@@H](c1ccc(CC)cc1)c1cccs1. The maximum absolute atomic E-state index is 11.8. The summed E-state index contributed by atoms with van der Waals surface area (Å²) < 4.78 is 0. The lowest BCUT2D eigenvalue weighted by atomic mass is 10.0. The third-order valence-electron chi connectivity index (χ3n) is 3.52. The number of carbonyl (C=O) groups is 1. The standard InChI is InChI=1S/C18H20N2OS/c1-3-11-19-17(21)13-20-18(16-6-5-12-22-16)15-9-7-14(4-2)8-10-15/h1,5-10,12,18,20H,4,11,13H2,2H3,(H,19,21)/p+1/t18-/m0/s1. The molecule has 0 aliphatic carbocycles. The molecule has 1 heterocycles. The van der Waals surface area contributed by atoms with E-state index in [1.165, 1.54) is 16.0 Å². The molecule has 3 N–H and O–H groups in total. The second-order valence-electron chi connectivity index (χ2n) is 5.01. The van der Waals surface area contributed by atoms with Crippen LogP contribution in [0, 0.1) is 12.3 Å². The molecule has 1 atom stereocenters. The van der Waals surface area contributed by atoms with E-state index in [4.69, 9.17) is 6.42 Å². The average Bonchev–Trinajstić information content (AvgIpc) is 3.08. The normalized spacial score (nSPS) is 11.6. The van der Waals surface area contributed by atoms with Crippen LogP contribution < -0.4 is 10.6 Å². The first-order valence-electron chi connectivity index (χ1n) is 7.40. The lowest BCUT2D eigenvalue weighted by molar-refractivity contribution is -0.676. The van der Waals surface area contributed by atoms with Crippen LogP contribution in [0.15, 0.2) is 41.8 Å². The molecule has 0 bridgehead atoms. The Hall–Kier alpha value is -2.09. The van der Waals surface area contributed by atoms with Gasteiger partial charge in [0.2, 0.25) is 0 Å². The Bertz CT molecular complexity index is 626. The van der Waals surface area contributed by atoms with Crippen LogP contribution in [0.1, 0.15) is 29.0 Å². The lowest BCUT2D eigenvalue weighted by Gasteiger charge is -2.15. The molecule has 1 aromatic carbocycles. The van der Waals surface area contributed by atoms with Crippen LogP contribution in [0.2, 0.25) is 0 Å². The van der Waals surface area contributed by atoms with Crippen molar-refractivity contribution in [2.24, 2.45) is 0 Å². The van der Waals surface area contributed by atoms with Crippen molar-refractivity contribution in [3.8, 4) is 12.3 Å². The predicted octanol–water partition coefficient (Wildman–Crippen LogP) is 1.71. The number of carbonyl (C=O) groups excluding carboxylic acids is 1. The monoisotopic (exact) mass is 313 g/mol. The smallest absolute Gasteiger partial charge is 0.275 e. The minimum absolute atomic E-state index is 0.0373. The van der Waals surface area contributed by atoms with Gasteiger partial charge in [-0.05, 0) is 23.4 Å². The second kappa shape index (κ2) is 8.38. The first-order valence-corrected chi connectivity index (χ1v) is 8.28. The third-order valence-corrected chi connectivity index (χ3v) is 4.48. The summed E-state index contributed by atoms with van der Waals surface area (Å²) in [6.07, 6.45) is 6.18. The number of hydrogen-bond acceptors (Lipinski definition) is 2. The molecule has 2 aromatic rings. The highest BCUT2D eigenvalue weighted by Gasteiger charge is 2.19. The Morgan fingerprint density at radius 1 is 1.36 bits per heavy atom. The highest BCUT2D eigenvalue weighted by Crippen LogP contribution is 2.23. The van der Waals surface area contributed by atoms with E-state index < -0.39 is 0 Å². The van der Waals surface area contributed by atoms with E-state index >= 15 is 0 Å². The van der Waals surface area contributed by atoms with Crippen molar-refractivity contribution < 1.29 is 10.1 Å². The number of rotatable bonds is 7. The average molecular weight is 313 g/mol. The van der Waals surface area contributed by atoms with Crippen molar-refractivity contribution in [3.05, 3.63) is 57.8 Å². The number of benzene rings is 1. The van der Waals surface area contributed by atoms with E-state index in [1.807, 2.05) is 6.07 Å². The number of nitrogens with one attached hydrogen (secondary N) is 1. The lowest BCUT2D eigenvalue weighted by Crippen LogP contribution is -2.87. The molecule has 3 nitrogen and oxygen atoms in total. The van der Waals surface area contributed by atoms with Crippen LogP contribution >= 0.6 is 11.3 Å². The molecule has 0 spiro atoms. The number of quaternary nitrogens is 1. The van der Waals surface area contributed by atoms with E-state index in [0.717, 1.165) is 6.42 Å². The summed E-state index contributed by atoms with van der Waals surface area (Å²) in [5.41, 5.74) is 2.53. The van der Waals surface area contributed by atoms with E-state index in [9.17, 15) is 4.79 Å². The Labute approximate surface area is 135 Å². The minimum Gasteiger partial charge on any atom is -0.340 e. The Kier molecular flexibility index (Phi) is 6.20. The first kappa shape index (κ1) is 16.3. The fourth-order valence-electron chi connectivity index (χ4n) is 2.29. The van der Waals surface area contributed by atoms with Crippen LogP contribution in [-0.2, 0) is 11.2 Å². The molecule has 114 valence electrons. The summed E-state index contributed by atoms with van der Waals surface area (Å²) >= 11 is 1.71. The van der Waals surface area contributed by atoms with Crippen LogP contribution in [0.3, 0.4) is 0 Å². The summed E-state index contributed by atoms with van der Waals surface area (Å²) in [4.78, 5) is 13.0. The van der Waals surface area contributed by atoms with Gasteiger partial charge in [-0.1, -0.05) is 43.2 Å². The molecule has 1 amide bonds. The van der Waals surface area contributed by atoms with E-state index in [0.29, 0.717) is 6.54 Å². The van der Waals surface area contributed by atoms with Crippen LogP contribution in [0.4, 0.5) is 0 Å². The van der Waals surface area contributed by atoms with Gasteiger partial charge in [0.1, 0.15) is 6.04 Å². The van der Waals surface area contributed by atoms with Crippen molar-refractivity contribution in [3.63, 3.8) is 0 Å². The molecule has 0 aliphatic heterocycles. The highest BCUT2D eigenvalue weighted by atomic mass is 32.1. The summed E-state index contributed by atoms with van der Waals surface area (Å²) in [7, 11) is 0. The Morgan fingerprint density at radius 2 is 2.14 bits per heavy atom. The number of hydrogen-bond donors (Lipinski definition) is 2. The van der Waals surface area contributed by atoms with Crippen LogP contribution in [0.5, 0.6) is 0 Å². The van der Waals surface area contributed by atoms with E-state index in [-0.39, 0.29) is 18.5 Å². The fraction of sp³-hybridized carbons (Fsp3) is 0.278. The zero-order valence-corrected chi connectivity index (χ0v) is 13.5. The summed E-state index contributed by atoms with van der Waals surface area (Å²) in [6.45, 7) is 2.79. The van der Waals surface area contributed by atoms with Crippen molar-refractivity contribution in [2.75, 3.05) is 13.1 Å². The van der Waals surface area contributed by atoms with Gasteiger partial charge in [-0.3, -0.25) is 4.79 Å². The maximum atomic E-state index is 11.8. The largest absolute Gasteiger partial charge is 0.340 e. The topological polar surface area (TPSA) is 45.7 Å². The first-order chi connectivity index (χ1) is 10.7. The number of terminal acetylenes is 1. The summed E-state index contributed by atoms with van der Waals surface area (Å²) in [6, 6.07) is 12.9. The Morgan fingerprint density at radius 3 is 2.73 bits per heavy atom. The van der Waals surface area contributed by atoms with Gasteiger partial charge in [-0.2, -0.15) is 0 Å². The molecule has 4 heteroatoms. The molecular formula is C18H21N2OS+. The van der Waals surface area contributed by atoms with Crippen molar-refractivity contribution in [1.82, 2.24) is 5.32 Å². The van der Waals surface area contributed by atoms with Crippen molar-refractivity contribution >= 4 is 17.2 Å². The molecule has 0 aliphatic rings. The van der Waals surface area contributed by atoms with Crippen LogP contribution in [0.25, 0.3) is 0 Å². The zero-order valence-electron chi connectivity index (χ0n) is 12.7. The molecule has 0 radical (unpaired) electrons. The molecule has 0 saturated carbocycles. The van der Waals surface area contributed by atoms with Gasteiger partial charge < -0.3 is 10.6 Å². The molecule has 0 unspecified atom stereocenters. The van der Waals surface area contributed by atoms with Gasteiger partial charge in [-0.15, -0.1) is 17.8 Å². The predicted molar refractivity (Wildman–Crippen MR) is 90.6 cm³/mol. The number of aryl methyl sites for hydroxylation is 1. The van der Waals surface area contributed by atoms with Gasteiger partial charge in [0, 0.05) is 5.56 Å². The molecule has 0 saturated heterocycles. The fourth-order valence-corrected chi connectivity index (χ4v) is 3.14. The molecule has 2 rings (SSSR count). The maximum Gasteiger partial charge on any atom is 0.275 e. The van der Waals surface area contributed by atoms with E-state index in [2.05, 4.69) is 59.2 Å². The number of thiophene rings is 1. The summed E-state index contributed by atoms with van der Waals surface area (Å²) in [5, 5.41) is 6.82. The van der Waals surface area contributed by atoms with Gasteiger partial charge >= 0.3 is 0 Å². The van der Waals surface area contributed by atoms with Crippen molar-refractivity contribution in [1.29, 1.82) is 0 Å².